The first-order chi connectivity index (χ1) is 15.2. The Morgan fingerprint density at radius 2 is 1.91 bits per heavy atom. The zero-order chi connectivity index (χ0) is 23.4. The van der Waals surface area contributed by atoms with Gasteiger partial charge in [-0.05, 0) is 49.4 Å². The summed E-state index contributed by atoms with van der Waals surface area (Å²) in [4.78, 5) is 12.8. The molecule has 8 heteroatoms. The van der Waals surface area contributed by atoms with Crippen LogP contribution < -0.4 is 5.43 Å². The number of fused-ring (bicyclic) bond motifs is 1. The van der Waals surface area contributed by atoms with Crippen molar-refractivity contribution in [1.29, 1.82) is 10.8 Å². The summed E-state index contributed by atoms with van der Waals surface area (Å²) in [6, 6.07) is 9.51. The normalized spacial score (nSPS) is 12.0. The first kappa shape index (κ1) is 22.5. The van der Waals surface area contributed by atoms with Crippen molar-refractivity contribution in [3.63, 3.8) is 0 Å². The lowest BCUT2D eigenvalue weighted by atomic mass is 10.00. The zero-order valence-electron chi connectivity index (χ0n) is 17.0. The maximum absolute atomic E-state index is 14.8. The Hall–Kier alpha value is -4.20. The van der Waals surface area contributed by atoms with E-state index in [4.69, 9.17) is 15.6 Å². The van der Waals surface area contributed by atoms with E-state index >= 15 is 0 Å². The summed E-state index contributed by atoms with van der Waals surface area (Å²) in [7, 11) is 0. The number of pyridine rings is 2. The Morgan fingerprint density at radius 3 is 2.56 bits per heavy atom. The van der Waals surface area contributed by atoms with Crippen LogP contribution in [0, 0.1) is 16.6 Å². The Balaban J connectivity index is 2.34. The van der Waals surface area contributed by atoms with Crippen molar-refractivity contribution in [2.75, 3.05) is 0 Å². The van der Waals surface area contributed by atoms with Crippen LogP contribution in [-0.2, 0) is 4.74 Å². The largest absolute Gasteiger partial charge is 0.428 e. The number of hydrogen-bond acceptors (Lipinski definition) is 4. The van der Waals surface area contributed by atoms with Crippen LogP contribution in [0.1, 0.15) is 18.2 Å². The zero-order valence-corrected chi connectivity index (χ0v) is 17.0. The van der Waals surface area contributed by atoms with Crippen molar-refractivity contribution < 1.29 is 17.9 Å². The van der Waals surface area contributed by atoms with Crippen molar-refractivity contribution in [2.45, 2.75) is 6.92 Å². The molecule has 162 valence electrons. The highest BCUT2D eigenvalue weighted by Gasteiger charge is 2.17. The number of nitrogens with zero attached hydrogens (tertiary/aromatic N) is 1. The molecular formula is C24H18F3N3O2. The summed E-state index contributed by atoms with van der Waals surface area (Å²) in [5.41, 5.74) is 0.0644. The average molecular weight is 437 g/mol. The van der Waals surface area contributed by atoms with Gasteiger partial charge in [-0.3, -0.25) is 15.6 Å². The van der Waals surface area contributed by atoms with Gasteiger partial charge in [0.2, 0.25) is 5.90 Å². The third-order valence-corrected chi connectivity index (χ3v) is 4.63. The molecular weight excluding hydrogens is 419 g/mol. The predicted octanol–water partition coefficient (Wildman–Crippen LogP) is 5.79. The van der Waals surface area contributed by atoms with Crippen LogP contribution in [0.3, 0.4) is 0 Å². The number of ether oxygens (including phenoxy) is 1. The fourth-order valence-electron chi connectivity index (χ4n) is 3.23. The van der Waals surface area contributed by atoms with Crippen LogP contribution in [0.5, 0.6) is 0 Å². The molecule has 5 nitrogen and oxygen atoms in total. The molecule has 0 fully saturated rings. The van der Waals surface area contributed by atoms with E-state index in [2.05, 4.69) is 6.58 Å². The van der Waals surface area contributed by atoms with E-state index in [-0.39, 0.29) is 33.5 Å². The number of allylic oxidation sites excluding steroid dienone is 5. The molecule has 32 heavy (non-hydrogen) atoms. The molecule has 0 unspecified atom stereocenters. The van der Waals surface area contributed by atoms with Gasteiger partial charge in [-0.15, -0.1) is 0 Å². The quantitative estimate of drug-likeness (QED) is 0.291. The highest BCUT2D eigenvalue weighted by atomic mass is 19.1. The highest BCUT2D eigenvalue weighted by Crippen LogP contribution is 2.29. The van der Waals surface area contributed by atoms with Crippen LogP contribution in [0.4, 0.5) is 13.2 Å². The molecule has 1 aromatic carbocycles. The Kier molecular flexibility index (Phi) is 6.53. The van der Waals surface area contributed by atoms with E-state index in [1.54, 1.807) is 18.2 Å². The van der Waals surface area contributed by atoms with Crippen molar-refractivity contribution in [3.8, 4) is 11.1 Å². The maximum atomic E-state index is 14.8. The van der Waals surface area contributed by atoms with E-state index < -0.39 is 28.8 Å². The van der Waals surface area contributed by atoms with E-state index in [0.717, 1.165) is 12.1 Å². The minimum Gasteiger partial charge on any atom is -0.428 e. The van der Waals surface area contributed by atoms with Crippen LogP contribution in [0.2, 0.25) is 0 Å². The van der Waals surface area contributed by atoms with Crippen molar-refractivity contribution >= 4 is 23.4 Å². The van der Waals surface area contributed by atoms with Gasteiger partial charge in [0.1, 0.15) is 11.6 Å². The monoisotopic (exact) mass is 437 g/mol. The summed E-state index contributed by atoms with van der Waals surface area (Å²) in [6.45, 7) is 4.51. The lowest BCUT2D eigenvalue weighted by Gasteiger charge is -2.15. The van der Waals surface area contributed by atoms with E-state index in [1.165, 1.54) is 41.8 Å². The minimum absolute atomic E-state index is 0.0161. The second-order valence-electron chi connectivity index (χ2n) is 6.72. The molecule has 2 N–H and O–H groups in total. The van der Waals surface area contributed by atoms with Gasteiger partial charge in [0.15, 0.2) is 11.8 Å². The average Bonchev–Trinajstić information content (AvgIpc) is 2.74. The van der Waals surface area contributed by atoms with E-state index in [1.807, 2.05) is 0 Å². The van der Waals surface area contributed by atoms with Gasteiger partial charge in [-0.1, -0.05) is 12.6 Å². The first-order valence-corrected chi connectivity index (χ1v) is 9.32. The number of aromatic nitrogens is 1. The molecule has 0 atom stereocenters. The van der Waals surface area contributed by atoms with Gasteiger partial charge in [0, 0.05) is 29.0 Å². The van der Waals surface area contributed by atoms with Gasteiger partial charge < -0.3 is 9.14 Å². The molecule has 0 spiro atoms. The van der Waals surface area contributed by atoms with Gasteiger partial charge >= 0.3 is 0 Å². The van der Waals surface area contributed by atoms with Gasteiger partial charge in [-0.2, -0.15) is 0 Å². The molecule has 0 amide bonds. The Morgan fingerprint density at radius 1 is 1.16 bits per heavy atom. The smallest absolute Gasteiger partial charge is 0.220 e. The molecule has 0 saturated heterocycles. The standard InChI is InChI=1S/C24H18F3N3O2/c1-14(25)6-8-17(15(2)26)20-4-3-5-21-23(22(31)10-11-30(20)21)18-12-16(7-9-19(18)27)24(29)32-13-28/h3-13,28-29H,2H2,1H3/b14-6+,17-8+,28-13?,29-24?. The fourth-order valence-corrected chi connectivity index (χ4v) is 3.23. The van der Waals surface area contributed by atoms with Crippen LogP contribution in [0.15, 0.2) is 83.8 Å². The van der Waals surface area contributed by atoms with Crippen LogP contribution >= 0.6 is 0 Å². The number of hydrogen-bond donors (Lipinski definition) is 2. The van der Waals surface area contributed by atoms with Crippen LogP contribution in [0.25, 0.3) is 22.2 Å². The fraction of sp³-hybridized carbons (Fsp3) is 0.0417. The number of rotatable bonds is 6. The molecule has 0 radical (unpaired) electrons. The Labute approximate surface area is 181 Å². The summed E-state index contributed by atoms with van der Waals surface area (Å²) < 4.78 is 48.4. The number of halogens is 3. The third kappa shape index (κ3) is 4.44. The maximum Gasteiger partial charge on any atom is 0.220 e. The summed E-state index contributed by atoms with van der Waals surface area (Å²) >= 11 is 0. The molecule has 2 heterocycles. The van der Waals surface area contributed by atoms with Crippen molar-refractivity contribution in [1.82, 2.24) is 4.40 Å². The van der Waals surface area contributed by atoms with Gasteiger partial charge in [0.05, 0.1) is 22.6 Å². The molecule has 3 aromatic rings. The van der Waals surface area contributed by atoms with E-state index in [9.17, 15) is 18.0 Å². The van der Waals surface area contributed by atoms with Crippen LogP contribution in [-0.4, -0.2) is 16.7 Å². The third-order valence-electron chi connectivity index (χ3n) is 4.63. The molecule has 0 aliphatic carbocycles. The second kappa shape index (κ2) is 9.30. The molecule has 3 rings (SSSR count). The van der Waals surface area contributed by atoms with Gasteiger partial charge in [-0.25, -0.2) is 13.2 Å². The summed E-state index contributed by atoms with van der Waals surface area (Å²) in [6.07, 6.45) is 4.28. The number of nitrogens with one attached hydrogen (secondary N) is 2. The molecule has 0 bridgehead atoms. The van der Waals surface area contributed by atoms with Crippen molar-refractivity contribution in [3.05, 3.63) is 106 Å². The SMILES string of the molecule is C=C(F)/C(=C\C=C(/C)F)c1cccc2c(-c3cc(C(=N)OC=N)ccc3F)c(=O)ccn12. The lowest BCUT2D eigenvalue weighted by Crippen LogP contribution is -2.11. The van der Waals surface area contributed by atoms with Gasteiger partial charge in [0.25, 0.3) is 0 Å². The van der Waals surface area contributed by atoms with Crippen molar-refractivity contribution in [2.24, 2.45) is 0 Å². The molecule has 0 aliphatic rings. The predicted molar refractivity (Wildman–Crippen MR) is 119 cm³/mol. The second-order valence-corrected chi connectivity index (χ2v) is 6.72. The first-order valence-electron chi connectivity index (χ1n) is 9.32. The summed E-state index contributed by atoms with van der Waals surface area (Å²) in [5, 5.41) is 14.8. The highest BCUT2D eigenvalue weighted by molar-refractivity contribution is 5.97. The minimum atomic E-state index is -0.819. The number of benzene rings is 1. The van der Waals surface area contributed by atoms with E-state index in [0.29, 0.717) is 6.40 Å². The summed E-state index contributed by atoms with van der Waals surface area (Å²) in [5.74, 6) is -2.46. The lowest BCUT2D eigenvalue weighted by molar-refractivity contribution is 0.560. The Bertz CT molecular complexity index is 1370. The molecule has 2 aromatic heterocycles. The molecule has 0 aliphatic heterocycles. The molecule has 0 saturated carbocycles. The topological polar surface area (TPSA) is 78.4 Å².